The van der Waals surface area contributed by atoms with Crippen LogP contribution in [0.2, 0.25) is 0 Å². The van der Waals surface area contributed by atoms with Gasteiger partial charge >= 0.3 is 0 Å². The van der Waals surface area contributed by atoms with Crippen LogP contribution in [0.25, 0.3) is 0 Å². The van der Waals surface area contributed by atoms with Gasteiger partial charge in [0.2, 0.25) is 5.91 Å². The van der Waals surface area contributed by atoms with Gasteiger partial charge in [-0.15, -0.1) is 0 Å². The number of nitrogens with zero attached hydrogens (tertiary/aromatic N) is 2. The molecule has 0 bridgehead atoms. The van der Waals surface area contributed by atoms with Crippen molar-refractivity contribution in [3.05, 3.63) is 35.4 Å². The van der Waals surface area contributed by atoms with Gasteiger partial charge in [-0.2, -0.15) is 0 Å². The SMILES string of the molecule is CCC(C)NC(=O)CCNC(=NC)NCCc1cccc(C(=O)N(C)C)c1. The van der Waals surface area contributed by atoms with E-state index in [1.807, 2.05) is 38.1 Å². The van der Waals surface area contributed by atoms with Gasteiger partial charge in [-0.05, 0) is 37.5 Å². The van der Waals surface area contributed by atoms with Crippen molar-refractivity contribution in [3.8, 4) is 0 Å². The molecule has 0 radical (unpaired) electrons. The third kappa shape index (κ3) is 8.57. The molecular weight excluding hydrogens is 342 g/mol. The molecule has 0 saturated heterocycles. The predicted molar refractivity (Wildman–Crippen MR) is 110 cm³/mol. The number of carbonyl (C=O) groups excluding carboxylic acids is 2. The molecule has 1 unspecified atom stereocenters. The van der Waals surface area contributed by atoms with E-state index in [1.54, 1.807) is 26.0 Å². The second kappa shape index (κ2) is 11.9. The van der Waals surface area contributed by atoms with E-state index in [-0.39, 0.29) is 17.9 Å². The van der Waals surface area contributed by atoms with Crippen LogP contribution in [0.15, 0.2) is 29.3 Å². The first-order chi connectivity index (χ1) is 12.9. The van der Waals surface area contributed by atoms with Gasteiger partial charge in [0, 0.05) is 52.3 Å². The first-order valence-corrected chi connectivity index (χ1v) is 9.41. The van der Waals surface area contributed by atoms with E-state index in [4.69, 9.17) is 0 Å². The van der Waals surface area contributed by atoms with Gasteiger partial charge in [0.1, 0.15) is 0 Å². The summed E-state index contributed by atoms with van der Waals surface area (Å²) >= 11 is 0. The highest BCUT2D eigenvalue weighted by Gasteiger charge is 2.08. The van der Waals surface area contributed by atoms with Crippen LogP contribution in [0.5, 0.6) is 0 Å². The highest BCUT2D eigenvalue weighted by atomic mass is 16.2. The Labute approximate surface area is 162 Å². The smallest absolute Gasteiger partial charge is 0.253 e. The molecule has 0 fully saturated rings. The van der Waals surface area contributed by atoms with Gasteiger partial charge in [-0.1, -0.05) is 19.1 Å². The average molecular weight is 376 g/mol. The van der Waals surface area contributed by atoms with Crippen molar-refractivity contribution in [2.24, 2.45) is 4.99 Å². The van der Waals surface area contributed by atoms with E-state index in [2.05, 4.69) is 20.9 Å². The second-order valence-corrected chi connectivity index (χ2v) is 6.70. The summed E-state index contributed by atoms with van der Waals surface area (Å²) in [6.45, 7) is 5.24. The van der Waals surface area contributed by atoms with Crippen LogP contribution in [-0.4, -0.2) is 62.9 Å². The number of carbonyl (C=O) groups is 2. The molecule has 0 heterocycles. The normalized spacial score (nSPS) is 12.3. The number of nitrogens with one attached hydrogen (secondary N) is 3. The summed E-state index contributed by atoms with van der Waals surface area (Å²) in [5, 5.41) is 9.30. The summed E-state index contributed by atoms with van der Waals surface area (Å²) in [4.78, 5) is 29.5. The maximum atomic E-state index is 12.0. The lowest BCUT2D eigenvalue weighted by Crippen LogP contribution is -2.41. The van der Waals surface area contributed by atoms with Crippen molar-refractivity contribution in [1.82, 2.24) is 20.9 Å². The van der Waals surface area contributed by atoms with E-state index >= 15 is 0 Å². The zero-order chi connectivity index (χ0) is 20.2. The predicted octanol–water partition coefficient (Wildman–Crippen LogP) is 1.40. The van der Waals surface area contributed by atoms with Gasteiger partial charge in [0.05, 0.1) is 0 Å². The molecule has 0 aliphatic carbocycles. The molecule has 27 heavy (non-hydrogen) atoms. The fourth-order valence-electron chi connectivity index (χ4n) is 2.41. The van der Waals surface area contributed by atoms with Crippen LogP contribution in [0.1, 0.15) is 42.6 Å². The molecule has 0 saturated carbocycles. The first kappa shape index (κ1) is 22.5. The number of amides is 2. The molecule has 1 aromatic rings. The minimum atomic E-state index is -0.00189. The summed E-state index contributed by atoms with van der Waals surface area (Å²) in [5.74, 6) is 0.694. The van der Waals surface area contributed by atoms with Crippen LogP contribution in [0.3, 0.4) is 0 Å². The van der Waals surface area contributed by atoms with E-state index in [0.29, 0.717) is 31.0 Å². The number of hydrogen-bond donors (Lipinski definition) is 3. The molecule has 1 aromatic carbocycles. The van der Waals surface area contributed by atoms with Crippen molar-refractivity contribution >= 4 is 17.8 Å². The van der Waals surface area contributed by atoms with E-state index < -0.39 is 0 Å². The summed E-state index contributed by atoms with van der Waals surface area (Å²) in [5.41, 5.74) is 1.77. The van der Waals surface area contributed by atoms with Crippen LogP contribution in [-0.2, 0) is 11.2 Å². The van der Waals surface area contributed by atoms with Gasteiger partial charge in [-0.3, -0.25) is 14.6 Å². The molecule has 3 N–H and O–H groups in total. The number of hydrogen-bond acceptors (Lipinski definition) is 3. The van der Waals surface area contributed by atoms with E-state index in [0.717, 1.165) is 18.4 Å². The number of aliphatic imine (C=N–C) groups is 1. The Morgan fingerprint density at radius 1 is 1.19 bits per heavy atom. The third-order valence-corrected chi connectivity index (χ3v) is 4.17. The Hall–Kier alpha value is -2.57. The Morgan fingerprint density at radius 2 is 1.89 bits per heavy atom. The molecule has 150 valence electrons. The van der Waals surface area contributed by atoms with Gasteiger partial charge in [-0.25, -0.2) is 0 Å². The minimum Gasteiger partial charge on any atom is -0.356 e. The fraction of sp³-hybridized carbons (Fsp3) is 0.550. The Bertz CT molecular complexity index is 643. The average Bonchev–Trinajstić information content (AvgIpc) is 2.66. The van der Waals surface area contributed by atoms with Crippen molar-refractivity contribution in [3.63, 3.8) is 0 Å². The standard InChI is InChI=1S/C20H33N5O2/c1-6-15(2)24-18(26)11-13-23-20(21-3)22-12-10-16-8-7-9-17(14-16)19(27)25(4)5/h7-9,14-15H,6,10-13H2,1-5H3,(H,24,26)(H2,21,22,23). The lowest BCUT2D eigenvalue weighted by atomic mass is 10.1. The molecular formula is C20H33N5O2. The minimum absolute atomic E-state index is 0.00189. The molecule has 0 aromatic heterocycles. The second-order valence-electron chi connectivity index (χ2n) is 6.70. The van der Waals surface area contributed by atoms with Crippen LogP contribution < -0.4 is 16.0 Å². The topological polar surface area (TPSA) is 85.8 Å². The van der Waals surface area contributed by atoms with Crippen LogP contribution in [0.4, 0.5) is 0 Å². The summed E-state index contributed by atoms with van der Waals surface area (Å²) in [6, 6.07) is 7.84. The molecule has 7 heteroatoms. The number of benzene rings is 1. The molecule has 1 atom stereocenters. The van der Waals surface area contributed by atoms with Crippen molar-refractivity contribution in [2.45, 2.75) is 39.2 Å². The maximum absolute atomic E-state index is 12.0. The van der Waals surface area contributed by atoms with Crippen LogP contribution >= 0.6 is 0 Å². The molecule has 0 spiro atoms. The zero-order valence-corrected chi connectivity index (χ0v) is 17.1. The van der Waals surface area contributed by atoms with Gasteiger partial charge in [0.15, 0.2) is 5.96 Å². The Balaban J connectivity index is 2.38. The van der Waals surface area contributed by atoms with Gasteiger partial charge < -0.3 is 20.9 Å². The summed E-state index contributed by atoms with van der Waals surface area (Å²) in [7, 11) is 5.19. The monoisotopic (exact) mass is 375 g/mol. The van der Waals surface area contributed by atoms with Crippen molar-refractivity contribution < 1.29 is 9.59 Å². The fourth-order valence-corrected chi connectivity index (χ4v) is 2.41. The van der Waals surface area contributed by atoms with Gasteiger partial charge in [0.25, 0.3) is 5.91 Å². The Morgan fingerprint density at radius 3 is 2.52 bits per heavy atom. The highest BCUT2D eigenvalue weighted by molar-refractivity contribution is 5.94. The third-order valence-electron chi connectivity index (χ3n) is 4.17. The summed E-state index contributed by atoms with van der Waals surface area (Å²) in [6.07, 6.45) is 2.09. The lowest BCUT2D eigenvalue weighted by molar-refractivity contribution is -0.121. The number of rotatable bonds is 9. The van der Waals surface area contributed by atoms with Crippen LogP contribution in [0, 0.1) is 0 Å². The van der Waals surface area contributed by atoms with E-state index in [1.165, 1.54) is 0 Å². The molecule has 1 rings (SSSR count). The van der Waals surface area contributed by atoms with Crippen molar-refractivity contribution in [2.75, 3.05) is 34.2 Å². The van der Waals surface area contributed by atoms with E-state index in [9.17, 15) is 9.59 Å². The number of guanidine groups is 1. The lowest BCUT2D eigenvalue weighted by Gasteiger charge is -2.14. The first-order valence-electron chi connectivity index (χ1n) is 9.41. The maximum Gasteiger partial charge on any atom is 0.253 e. The summed E-state index contributed by atoms with van der Waals surface area (Å²) < 4.78 is 0. The molecule has 7 nitrogen and oxygen atoms in total. The highest BCUT2D eigenvalue weighted by Crippen LogP contribution is 2.07. The van der Waals surface area contributed by atoms with Crippen molar-refractivity contribution in [1.29, 1.82) is 0 Å². The largest absolute Gasteiger partial charge is 0.356 e. The quantitative estimate of drug-likeness (QED) is 0.450. The molecule has 2 amide bonds. The molecule has 0 aliphatic rings. The Kier molecular flexibility index (Phi) is 9.93. The zero-order valence-electron chi connectivity index (χ0n) is 17.1. The molecule has 0 aliphatic heterocycles.